The van der Waals surface area contributed by atoms with Crippen molar-refractivity contribution in [2.75, 3.05) is 68.9 Å². The highest BCUT2D eigenvalue weighted by Crippen LogP contribution is 2.27. The number of allylic oxidation sites excluding steroid dienone is 1. The standard InChI is InChI=1S/C34H51N9O4S/c1-4-5-6-12-38-32-31-28(39-34(36)40-32)10-14-43(31)22-26-8-7-25(20-29(26)47-3)21-41-15-17-42(18-16-41)30(44)9-13-37-24(2)11-19-48-23-27(35)33(45)46/h7-8,10,14,20,27,37H,2,4-6,9,11-13,15-19,21-23,35H2,1,3H3,(H,45,46)(H3,36,38,39,40)/t27-/m0/s1. The van der Waals surface area contributed by atoms with Crippen LogP contribution in [-0.2, 0) is 22.7 Å². The third-order valence-corrected chi connectivity index (χ3v) is 9.49. The number of carbonyl (C=O) groups is 2. The van der Waals surface area contributed by atoms with Crippen LogP contribution in [-0.4, -0.2) is 105 Å². The van der Waals surface area contributed by atoms with Crippen molar-refractivity contribution in [3.8, 4) is 5.75 Å². The Balaban J connectivity index is 1.23. The van der Waals surface area contributed by atoms with Crippen LogP contribution < -0.4 is 26.8 Å². The Morgan fingerprint density at radius 1 is 1.10 bits per heavy atom. The van der Waals surface area contributed by atoms with Gasteiger partial charge in [-0.05, 0) is 36.3 Å². The number of hydrogen-bond acceptors (Lipinski definition) is 11. The highest BCUT2D eigenvalue weighted by Gasteiger charge is 2.21. The smallest absolute Gasteiger partial charge is 0.321 e. The van der Waals surface area contributed by atoms with Gasteiger partial charge in [-0.15, -0.1) is 0 Å². The zero-order chi connectivity index (χ0) is 34.5. The molecule has 1 amide bonds. The van der Waals surface area contributed by atoms with Crippen molar-refractivity contribution in [3.63, 3.8) is 0 Å². The minimum Gasteiger partial charge on any atom is -0.496 e. The van der Waals surface area contributed by atoms with E-state index in [-0.39, 0.29) is 11.9 Å². The normalized spacial score (nSPS) is 14.2. The van der Waals surface area contributed by atoms with Gasteiger partial charge in [-0.2, -0.15) is 16.7 Å². The molecule has 0 bridgehead atoms. The number of amides is 1. The second-order valence-corrected chi connectivity index (χ2v) is 13.2. The lowest BCUT2D eigenvalue weighted by atomic mass is 10.1. The molecule has 7 N–H and O–H groups in total. The Kier molecular flexibility index (Phi) is 14.2. The van der Waals surface area contributed by atoms with Crippen LogP contribution in [0.25, 0.3) is 11.0 Å². The number of nitrogens with two attached hydrogens (primary N) is 2. The zero-order valence-electron chi connectivity index (χ0n) is 28.2. The number of hydrogen-bond donors (Lipinski definition) is 5. The number of fused-ring (bicyclic) bond motifs is 1. The fraction of sp³-hybridized carbons (Fsp3) is 0.529. The molecule has 0 unspecified atom stereocenters. The van der Waals surface area contributed by atoms with Crippen LogP contribution in [0.1, 0.15) is 50.2 Å². The first kappa shape index (κ1) is 36.8. The number of piperazine rings is 1. The number of carboxylic acids is 1. The number of nitrogens with one attached hydrogen (secondary N) is 2. The van der Waals surface area contributed by atoms with Crippen molar-refractivity contribution < 1.29 is 19.4 Å². The second kappa shape index (κ2) is 18.5. The van der Waals surface area contributed by atoms with Gasteiger partial charge >= 0.3 is 5.97 Å². The Hall–Kier alpha value is -4.01. The van der Waals surface area contributed by atoms with Crippen molar-refractivity contribution >= 4 is 46.4 Å². The molecule has 14 heteroatoms. The van der Waals surface area contributed by atoms with Crippen LogP contribution in [0.15, 0.2) is 42.7 Å². The summed E-state index contributed by atoms with van der Waals surface area (Å²) in [6.07, 6.45) is 6.48. The van der Waals surface area contributed by atoms with Crippen LogP contribution in [0.3, 0.4) is 0 Å². The highest BCUT2D eigenvalue weighted by atomic mass is 32.2. The summed E-state index contributed by atoms with van der Waals surface area (Å²) in [6, 6.07) is 7.49. The topological polar surface area (TPSA) is 177 Å². The van der Waals surface area contributed by atoms with Gasteiger partial charge < -0.3 is 41.4 Å². The number of aromatic nitrogens is 3. The number of carbonyl (C=O) groups excluding carboxylic acids is 1. The lowest BCUT2D eigenvalue weighted by molar-refractivity contribution is -0.138. The summed E-state index contributed by atoms with van der Waals surface area (Å²) in [4.78, 5) is 36.9. The lowest BCUT2D eigenvalue weighted by Crippen LogP contribution is -2.48. The van der Waals surface area contributed by atoms with Gasteiger partial charge in [0.25, 0.3) is 0 Å². The molecule has 1 saturated heterocycles. The maximum Gasteiger partial charge on any atom is 0.321 e. The first-order valence-electron chi connectivity index (χ1n) is 16.7. The molecular formula is C34H51N9O4S. The van der Waals surface area contributed by atoms with Crippen molar-refractivity contribution in [1.29, 1.82) is 0 Å². The van der Waals surface area contributed by atoms with E-state index in [0.717, 1.165) is 90.6 Å². The van der Waals surface area contributed by atoms with E-state index >= 15 is 0 Å². The van der Waals surface area contributed by atoms with E-state index in [0.29, 0.717) is 44.8 Å². The van der Waals surface area contributed by atoms with Crippen molar-refractivity contribution in [2.24, 2.45) is 5.73 Å². The number of anilines is 2. The Bertz CT molecular complexity index is 1520. The molecule has 1 fully saturated rings. The molecule has 1 aliphatic rings. The molecule has 13 nitrogen and oxygen atoms in total. The summed E-state index contributed by atoms with van der Waals surface area (Å²) >= 11 is 1.48. The maximum atomic E-state index is 12.8. The predicted octanol–water partition coefficient (Wildman–Crippen LogP) is 3.35. The Morgan fingerprint density at radius 2 is 1.90 bits per heavy atom. The molecule has 2 aromatic heterocycles. The third-order valence-electron chi connectivity index (χ3n) is 8.40. The average Bonchev–Trinajstić information content (AvgIpc) is 3.47. The number of rotatable bonds is 20. The van der Waals surface area contributed by atoms with E-state index in [2.05, 4.69) is 61.8 Å². The summed E-state index contributed by atoms with van der Waals surface area (Å²) in [5, 5.41) is 15.5. The van der Waals surface area contributed by atoms with Crippen LogP contribution in [0, 0.1) is 0 Å². The highest BCUT2D eigenvalue weighted by molar-refractivity contribution is 7.99. The number of ether oxygens (including phenoxy) is 1. The van der Waals surface area contributed by atoms with E-state index in [4.69, 9.17) is 21.3 Å². The van der Waals surface area contributed by atoms with Gasteiger partial charge in [-0.1, -0.05) is 38.5 Å². The molecule has 1 aliphatic heterocycles. The average molecular weight is 682 g/mol. The molecule has 1 aromatic carbocycles. The molecule has 0 radical (unpaired) electrons. The van der Waals surface area contributed by atoms with Gasteiger partial charge in [0, 0.05) is 75.4 Å². The number of methoxy groups -OCH3 is 1. The van der Waals surface area contributed by atoms with Gasteiger partial charge in [-0.25, -0.2) is 4.98 Å². The lowest BCUT2D eigenvalue weighted by Gasteiger charge is -2.35. The molecule has 262 valence electrons. The van der Waals surface area contributed by atoms with Gasteiger partial charge in [0.2, 0.25) is 11.9 Å². The number of nitrogens with zero attached hydrogens (tertiary/aromatic N) is 5. The van der Waals surface area contributed by atoms with Gasteiger partial charge in [0.05, 0.1) is 19.2 Å². The van der Waals surface area contributed by atoms with E-state index in [1.54, 1.807) is 7.11 Å². The number of aliphatic carboxylic acids is 1. The quantitative estimate of drug-likeness (QED) is 0.110. The van der Waals surface area contributed by atoms with Crippen LogP contribution in [0.4, 0.5) is 11.8 Å². The number of benzene rings is 1. The molecule has 0 spiro atoms. The molecule has 4 rings (SSSR count). The van der Waals surface area contributed by atoms with Gasteiger partial charge in [-0.3, -0.25) is 14.5 Å². The third kappa shape index (κ3) is 10.8. The monoisotopic (exact) mass is 681 g/mol. The summed E-state index contributed by atoms with van der Waals surface area (Å²) < 4.78 is 7.97. The van der Waals surface area contributed by atoms with Crippen molar-refractivity contribution in [3.05, 3.63) is 53.9 Å². The molecule has 1 atom stereocenters. The number of carboxylic acid groups (broad SMARTS) is 1. The second-order valence-electron chi connectivity index (χ2n) is 12.1. The fourth-order valence-electron chi connectivity index (χ4n) is 5.65. The fourth-order valence-corrected chi connectivity index (χ4v) is 6.60. The van der Waals surface area contributed by atoms with Gasteiger partial charge in [0.15, 0.2) is 5.82 Å². The Morgan fingerprint density at radius 3 is 2.62 bits per heavy atom. The number of thioether (sulfide) groups is 1. The largest absolute Gasteiger partial charge is 0.496 e. The maximum absolute atomic E-state index is 12.8. The summed E-state index contributed by atoms with van der Waals surface area (Å²) in [6.45, 7) is 11.9. The van der Waals surface area contributed by atoms with Crippen LogP contribution in [0.5, 0.6) is 5.75 Å². The SMILES string of the molecule is C=C(CCSC[C@H](N)C(=O)O)NCCC(=O)N1CCN(Cc2ccc(Cn3ccc4nc(N)nc(NCCCCC)c43)c(OC)c2)CC1. The van der Waals surface area contributed by atoms with E-state index in [9.17, 15) is 9.59 Å². The molecule has 0 saturated carbocycles. The minimum atomic E-state index is -0.991. The van der Waals surface area contributed by atoms with Crippen molar-refractivity contribution in [1.82, 2.24) is 29.7 Å². The molecule has 48 heavy (non-hydrogen) atoms. The van der Waals surface area contributed by atoms with Crippen LogP contribution >= 0.6 is 11.8 Å². The summed E-state index contributed by atoms with van der Waals surface area (Å²) in [5.74, 6) is 2.07. The van der Waals surface area contributed by atoms with E-state index < -0.39 is 12.0 Å². The van der Waals surface area contributed by atoms with E-state index in [1.807, 2.05) is 17.2 Å². The number of unbranched alkanes of at least 4 members (excludes halogenated alkanes) is 2. The zero-order valence-corrected chi connectivity index (χ0v) is 29.1. The predicted molar refractivity (Wildman–Crippen MR) is 193 cm³/mol. The summed E-state index contributed by atoms with van der Waals surface area (Å²) in [7, 11) is 1.70. The minimum absolute atomic E-state index is 0.132. The first-order chi connectivity index (χ1) is 23.2. The molecule has 3 aromatic rings. The molecule has 0 aliphatic carbocycles. The van der Waals surface area contributed by atoms with Gasteiger partial charge in [0.1, 0.15) is 17.3 Å². The molecule has 3 heterocycles. The van der Waals surface area contributed by atoms with E-state index in [1.165, 1.54) is 11.8 Å². The van der Waals surface area contributed by atoms with Crippen LogP contribution in [0.2, 0.25) is 0 Å². The first-order valence-corrected chi connectivity index (χ1v) is 17.8. The summed E-state index contributed by atoms with van der Waals surface area (Å²) in [5.41, 5.74) is 16.3. The Labute approximate surface area is 287 Å². The number of nitrogen functional groups attached to an aromatic ring is 1. The molecular weight excluding hydrogens is 631 g/mol. The van der Waals surface area contributed by atoms with Crippen molar-refractivity contribution in [2.45, 2.75) is 58.2 Å².